The number of rotatable bonds is 34. The second kappa shape index (κ2) is 54.3. The molecule has 0 spiro atoms. The molecule has 0 aromatic heterocycles. The summed E-state index contributed by atoms with van der Waals surface area (Å²) >= 11 is 5.25. The molecule has 3 aliphatic carbocycles. The standard InChI is InChI=1S/2C30H39FN3O5PS.C26H30FN3O2S.C4H10ClO3P.2CH4O3S/c2*1-5-38-40(36,39-6-2)32-13-14-33-15-17-34(18-16-33)30(35)21-28-22(3)27(29-20-24(31)9-12-26(28)29)19-23-7-10-25(11-8-23)41(4)37;1-18-23(15-19-3-6-21(7-4-19)33(2)32)25-16-20(27)5-8-22(25)24(18)17-26(31)30-13-11-29(10-9-28)12-14-30;1-3-7-9(5,6)8-4-2;2*1-5(2,3)4/h2*7-12,19-20H,5-6,13-18,21H2,1-4H3,(H,32,36);3-8,15-16H,9-14,17,28H2,1-2H3;3-4H2,1-2H3;2*1H3,(H,2,3,4)/b2*27-19-;23-15-;;;. The number of halogens is 4. The number of carbonyl (C=O) groups excluding carboxylic acids is 3. The van der Waals surface area contributed by atoms with Crippen molar-refractivity contribution >= 4 is 156 Å². The van der Waals surface area contributed by atoms with Crippen LogP contribution in [0.3, 0.4) is 0 Å². The maximum absolute atomic E-state index is 14.3. The van der Waals surface area contributed by atoms with Gasteiger partial charge in [-0.15, -0.1) is 0 Å². The molecule has 738 valence electrons. The number of nitrogens with zero attached hydrogens (tertiary/aromatic N) is 6. The lowest BCUT2D eigenvalue weighted by Gasteiger charge is -2.35. The molecule has 30 nitrogen and oxygen atoms in total. The predicted octanol–water partition coefficient (Wildman–Crippen LogP) is 15.2. The monoisotopic (exact) mass is 2040 g/mol. The molecule has 3 saturated heterocycles. The Morgan fingerprint density at radius 3 is 0.858 bits per heavy atom. The van der Waals surface area contributed by atoms with Gasteiger partial charge in [0.15, 0.2) is 0 Å². The van der Waals surface area contributed by atoms with Crippen molar-refractivity contribution in [3.63, 3.8) is 0 Å². The minimum atomic E-state index is -3.67. The molecule has 0 bridgehead atoms. The highest BCUT2D eigenvalue weighted by Crippen LogP contribution is 2.53. The number of fused-ring (bicyclic) bond motifs is 3. The van der Waals surface area contributed by atoms with Crippen molar-refractivity contribution in [3.05, 3.63) is 212 Å². The van der Waals surface area contributed by atoms with Crippen molar-refractivity contribution in [2.75, 3.05) is 189 Å². The van der Waals surface area contributed by atoms with Crippen LogP contribution >= 0.6 is 33.7 Å². The Bertz CT molecular complexity index is 5430. The summed E-state index contributed by atoms with van der Waals surface area (Å²) in [6.07, 6.45) is 13.1. The molecular formula is C92H126ClF3N9O21P3S5. The highest BCUT2D eigenvalue weighted by Gasteiger charge is 2.35. The minimum absolute atomic E-state index is 0.0422. The van der Waals surface area contributed by atoms with Crippen LogP contribution in [0.5, 0.6) is 0 Å². The molecule has 42 heteroatoms. The third-order valence-corrected chi connectivity index (χ3v) is 29.9. The zero-order valence-corrected chi connectivity index (χ0v) is 85.8. The first-order valence-corrected chi connectivity index (χ1v) is 57.6. The van der Waals surface area contributed by atoms with Gasteiger partial charge >= 0.3 is 22.4 Å². The maximum Gasteiger partial charge on any atom is 0.424 e. The van der Waals surface area contributed by atoms with E-state index in [1.807, 2.05) is 126 Å². The van der Waals surface area contributed by atoms with E-state index < -0.39 is 75.1 Å². The van der Waals surface area contributed by atoms with Gasteiger partial charge in [0.05, 0.1) is 71.4 Å². The van der Waals surface area contributed by atoms with Crippen LogP contribution in [0.4, 0.5) is 13.2 Å². The summed E-state index contributed by atoms with van der Waals surface area (Å²) in [5.41, 5.74) is 21.9. The van der Waals surface area contributed by atoms with Crippen LogP contribution in [0.2, 0.25) is 0 Å². The average Bonchev–Trinajstić information content (AvgIpc) is 1.63. The van der Waals surface area contributed by atoms with E-state index in [0.29, 0.717) is 157 Å². The molecule has 134 heavy (non-hydrogen) atoms. The molecule has 3 aliphatic heterocycles. The third-order valence-electron chi connectivity index (χ3n) is 21.8. The third kappa shape index (κ3) is 36.5. The van der Waals surface area contributed by atoms with E-state index >= 15 is 0 Å². The van der Waals surface area contributed by atoms with Crippen LogP contribution in [-0.2, 0) is 108 Å². The van der Waals surface area contributed by atoms with Gasteiger partial charge in [-0.05, 0) is 254 Å². The Morgan fingerprint density at radius 1 is 0.410 bits per heavy atom. The van der Waals surface area contributed by atoms with Gasteiger partial charge < -0.3 is 20.4 Å². The number of amides is 3. The summed E-state index contributed by atoms with van der Waals surface area (Å²) in [6.45, 7) is 27.1. The van der Waals surface area contributed by atoms with E-state index in [2.05, 4.69) is 33.9 Å². The fraction of sp³-hybridized carbons (Fsp3) is 0.446. The van der Waals surface area contributed by atoms with Gasteiger partial charge in [-0.25, -0.2) is 37.0 Å². The molecule has 0 saturated carbocycles. The van der Waals surface area contributed by atoms with E-state index in [0.717, 1.165) is 135 Å². The van der Waals surface area contributed by atoms with Gasteiger partial charge in [-0.2, -0.15) is 16.8 Å². The first-order valence-electron chi connectivity index (χ1n) is 43.7. The molecule has 3 fully saturated rings. The molecule has 12 rings (SSSR count). The first kappa shape index (κ1) is 114. The lowest BCUT2D eigenvalue weighted by molar-refractivity contribution is -0.132. The summed E-state index contributed by atoms with van der Waals surface area (Å²) in [7, 11) is -17.1. The topological polar surface area (TPSA) is 387 Å². The zero-order valence-electron chi connectivity index (χ0n) is 78.3. The summed E-state index contributed by atoms with van der Waals surface area (Å²) in [5, 5.41) is 5.82. The number of allylic oxidation sites excluding steroid dienone is 6. The van der Waals surface area contributed by atoms with E-state index in [1.54, 1.807) is 84.6 Å². The molecule has 6 aromatic carbocycles. The van der Waals surface area contributed by atoms with Crippen LogP contribution < -0.4 is 15.9 Å². The van der Waals surface area contributed by atoms with E-state index in [4.69, 9.17) is 44.2 Å². The van der Waals surface area contributed by atoms with Gasteiger partial charge in [-0.1, -0.05) is 54.6 Å². The van der Waals surface area contributed by atoms with E-state index in [9.17, 15) is 70.7 Å². The van der Waals surface area contributed by atoms with Crippen molar-refractivity contribution in [2.24, 2.45) is 5.73 Å². The number of hydrogen-bond donors (Lipinski definition) is 5. The number of piperazine rings is 3. The highest BCUT2D eigenvalue weighted by molar-refractivity contribution is 7.85. The van der Waals surface area contributed by atoms with Crippen molar-refractivity contribution in [3.8, 4) is 0 Å². The van der Waals surface area contributed by atoms with Crippen LogP contribution in [0, 0.1) is 17.5 Å². The Kier molecular flexibility index (Phi) is 46.1. The van der Waals surface area contributed by atoms with E-state index in [1.165, 1.54) is 30.3 Å². The number of carbonyl (C=O) groups is 3. The Labute approximate surface area is 799 Å². The quantitative estimate of drug-likeness (QED) is 0.0185. The molecule has 6 aliphatic rings. The average molecular weight is 2040 g/mol. The Balaban J connectivity index is 0.000000250. The molecule has 3 heterocycles. The summed E-state index contributed by atoms with van der Waals surface area (Å²) in [6, 6.07) is 36.7. The maximum atomic E-state index is 14.3. The van der Waals surface area contributed by atoms with Crippen molar-refractivity contribution in [1.29, 1.82) is 0 Å². The van der Waals surface area contributed by atoms with Gasteiger partial charge in [0.2, 0.25) is 17.7 Å². The summed E-state index contributed by atoms with van der Waals surface area (Å²) in [4.78, 5) is 54.6. The fourth-order valence-electron chi connectivity index (χ4n) is 15.3. The largest absolute Gasteiger partial charge is 0.424 e. The zero-order chi connectivity index (χ0) is 99.0. The first-order chi connectivity index (χ1) is 63.3. The number of benzene rings is 6. The molecule has 3 amide bonds. The van der Waals surface area contributed by atoms with Crippen LogP contribution in [0.1, 0.15) is 132 Å². The van der Waals surface area contributed by atoms with Crippen molar-refractivity contribution in [2.45, 2.75) is 96.3 Å². The van der Waals surface area contributed by atoms with E-state index in [-0.39, 0.29) is 48.0 Å². The molecule has 6 aromatic rings. The minimum Gasteiger partial charge on any atom is -0.340 e. The smallest absolute Gasteiger partial charge is 0.340 e. The lowest BCUT2D eigenvalue weighted by atomic mass is 10.0. The SMILES string of the molecule is CC1=C(CC(=O)N2CCN(CCN)CC2)c2ccc(F)cc2/C1=C\c1ccc(S(C)=O)cc1.CCOP(=O)(Cl)OCC.CCOP(=O)(NCCN1CCN(C(=O)CC2=C(C)/C(=C/c3ccc(S(C)=O)cc3)c3cc(F)ccc32)CC1)OCC.CCOP(=O)(NCCN1CCN(C(=O)CC2=C(C)/C(=C/c3ccc(S(C)=O)cc3)c3cc(F)ccc32)CC1)OCC.CS(=O)(=O)O.CS(=O)(=O)O. The van der Waals surface area contributed by atoms with Crippen LogP contribution in [-0.4, -0.2) is 274 Å². The van der Waals surface area contributed by atoms with Crippen LogP contribution in [0.25, 0.3) is 51.7 Å². The molecule has 0 radical (unpaired) electrons. The molecule has 3 unspecified atom stereocenters. The van der Waals surface area contributed by atoms with Crippen molar-refractivity contribution in [1.82, 2.24) is 39.6 Å². The normalized spacial score (nSPS) is 17.1. The van der Waals surface area contributed by atoms with Crippen LogP contribution in [0.15, 0.2) is 159 Å². The van der Waals surface area contributed by atoms with Gasteiger partial charge in [0.1, 0.15) is 17.5 Å². The summed E-state index contributed by atoms with van der Waals surface area (Å²) in [5.74, 6) is -0.760. The number of nitrogens with two attached hydrogens (primary N) is 1. The summed E-state index contributed by atoms with van der Waals surface area (Å²) < 4.78 is 196. The van der Waals surface area contributed by atoms with Crippen molar-refractivity contribution < 1.29 is 107 Å². The second-order valence-corrected chi connectivity index (χ2v) is 44.7. The molecular weight excluding hydrogens is 1910 g/mol. The molecule has 6 N–H and O–H groups in total. The highest BCUT2D eigenvalue weighted by atomic mass is 35.7. The van der Waals surface area contributed by atoms with Gasteiger partial charge in [0, 0.05) is 195 Å². The molecule has 3 atom stereocenters. The lowest BCUT2D eigenvalue weighted by Crippen LogP contribution is -2.49. The number of nitrogens with one attached hydrogen (secondary N) is 2. The van der Waals surface area contributed by atoms with Gasteiger partial charge in [-0.3, -0.25) is 78.0 Å². The fourth-order valence-corrected chi connectivity index (χ4v) is 20.8. The second-order valence-electron chi connectivity index (χ2n) is 31.3. The predicted molar refractivity (Wildman–Crippen MR) is 528 cm³/mol. The van der Waals surface area contributed by atoms with Gasteiger partial charge in [0.25, 0.3) is 20.2 Å². The number of hydrogen-bond acceptors (Lipinski definition) is 23. The Morgan fingerprint density at radius 2 is 0.642 bits per heavy atom. The Hall–Kier alpha value is -7.27.